The summed E-state index contributed by atoms with van der Waals surface area (Å²) in [7, 11) is 0. The number of hydrogen-bond donors (Lipinski definition) is 0. The summed E-state index contributed by atoms with van der Waals surface area (Å²) in [5.41, 5.74) is 17.8. The summed E-state index contributed by atoms with van der Waals surface area (Å²) in [4.78, 5) is 0. The molecule has 0 heterocycles. The predicted molar refractivity (Wildman–Crippen MR) is 150 cm³/mol. The first-order valence-corrected chi connectivity index (χ1v) is 15.5. The fourth-order valence-corrected chi connectivity index (χ4v) is 10.5. The normalized spacial score (nSPS) is 15.3. The van der Waals surface area contributed by atoms with Gasteiger partial charge in [-0.25, -0.2) is 0 Å². The maximum absolute atomic E-state index is 2.43. The van der Waals surface area contributed by atoms with E-state index < -0.39 is 22.8 Å². The van der Waals surface area contributed by atoms with Gasteiger partial charge in [-0.1, -0.05) is 0 Å². The molecule has 6 rings (SSSR count). The van der Waals surface area contributed by atoms with Crippen molar-refractivity contribution in [2.45, 2.75) is 37.7 Å². The van der Waals surface area contributed by atoms with E-state index in [0.29, 0.717) is 3.63 Å². The van der Waals surface area contributed by atoms with E-state index in [0.717, 1.165) is 6.42 Å². The molecule has 0 aliphatic heterocycles. The van der Waals surface area contributed by atoms with Gasteiger partial charge < -0.3 is 0 Å². The molecule has 0 saturated heterocycles. The van der Waals surface area contributed by atoms with Crippen LogP contribution < -0.4 is 0 Å². The van der Waals surface area contributed by atoms with Crippen LogP contribution in [0.3, 0.4) is 0 Å². The Bertz CT molecular complexity index is 1530. The van der Waals surface area contributed by atoms with Crippen molar-refractivity contribution in [2.24, 2.45) is 0 Å². The fourth-order valence-electron chi connectivity index (χ4n) is 6.11. The van der Waals surface area contributed by atoms with E-state index in [-0.39, 0.29) is 0 Å². The third-order valence-electron chi connectivity index (χ3n) is 8.07. The van der Waals surface area contributed by atoms with E-state index in [1.165, 1.54) is 55.6 Å². The van der Waals surface area contributed by atoms with E-state index in [9.17, 15) is 0 Å². The minimum atomic E-state index is -1.14. The van der Waals surface area contributed by atoms with Crippen molar-refractivity contribution in [3.63, 3.8) is 0 Å². The van der Waals surface area contributed by atoms with Crippen molar-refractivity contribution in [1.82, 2.24) is 0 Å². The Morgan fingerprint density at radius 2 is 1.31 bits per heavy atom. The van der Waals surface area contributed by atoms with E-state index in [1.807, 2.05) is 0 Å². The third-order valence-corrected chi connectivity index (χ3v) is 12.4. The van der Waals surface area contributed by atoms with Crippen molar-refractivity contribution < 1.29 is 22.8 Å². The average Bonchev–Trinajstić information content (AvgIpc) is 3.55. The molecule has 0 bridgehead atoms. The first-order valence-electron chi connectivity index (χ1n) is 12.9. The topological polar surface area (TPSA) is 0 Å². The summed E-state index contributed by atoms with van der Waals surface area (Å²) in [6.45, 7) is 9.34. The Kier molecular flexibility index (Phi) is 6.22. The second-order valence-electron chi connectivity index (χ2n) is 10.1. The van der Waals surface area contributed by atoms with Crippen molar-refractivity contribution >= 4 is 8.78 Å². The molecule has 0 radical (unpaired) electrons. The molecular weight excluding hydrogens is 512 g/mol. The number of aryl methyl sites for hydroxylation is 1. The number of rotatable bonds is 4. The second-order valence-corrected chi connectivity index (χ2v) is 13.4. The first-order chi connectivity index (χ1) is 17.6. The number of allylic oxidation sites excluding steroid dienone is 4. The van der Waals surface area contributed by atoms with Crippen LogP contribution in [-0.2, 0) is 22.8 Å². The van der Waals surface area contributed by atoms with Crippen LogP contribution in [-0.4, -0.2) is 3.21 Å². The van der Waals surface area contributed by atoms with Crippen LogP contribution in [0.1, 0.15) is 60.1 Å². The molecule has 0 saturated carbocycles. The summed E-state index contributed by atoms with van der Waals surface area (Å²) in [6.07, 6.45) is 7.94. The molecule has 0 nitrogen and oxygen atoms in total. The monoisotopic (exact) mass is 541 g/mol. The maximum atomic E-state index is 2.43. The molecule has 0 aromatic heterocycles. The van der Waals surface area contributed by atoms with Crippen LogP contribution in [0, 0.1) is 27.7 Å². The molecule has 0 N–H and O–H groups in total. The summed E-state index contributed by atoms with van der Waals surface area (Å²) < 4.78 is 2.08. The van der Waals surface area contributed by atoms with Crippen molar-refractivity contribution in [2.75, 3.05) is 0 Å². The van der Waals surface area contributed by atoms with Crippen molar-refractivity contribution in [1.29, 1.82) is 0 Å². The fraction of sp³-hybridized carbons (Fsp3) is 0.171. The van der Waals surface area contributed by atoms with Gasteiger partial charge in [0.2, 0.25) is 0 Å². The Labute approximate surface area is 226 Å². The summed E-state index contributed by atoms with van der Waals surface area (Å²) >= 11 is -1.14. The molecule has 0 amide bonds. The molecule has 1 unspecified atom stereocenters. The van der Waals surface area contributed by atoms with Gasteiger partial charge in [-0.2, -0.15) is 0 Å². The summed E-state index contributed by atoms with van der Waals surface area (Å²) in [6, 6.07) is 29.3. The molecule has 175 valence electrons. The quantitative estimate of drug-likeness (QED) is 0.242. The Morgan fingerprint density at radius 3 is 1.92 bits per heavy atom. The van der Waals surface area contributed by atoms with Gasteiger partial charge in [0.15, 0.2) is 0 Å². The predicted octanol–water partition coefficient (Wildman–Crippen LogP) is 8.68. The van der Waals surface area contributed by atoms with Gasteiger partial charge in [-0.05, 0) is 0 Å². The van der Waals surface area contributed by atoms with Crippen LogP contribution in [0.25, 0.3) is 16.7 Å². The van der Waals surface area contributed by atoms with Crippen molar-refractivity contribution in [3.8, 4) is 11.1 Å². The number of fused-ring (bicyclic) bond motifs is 3. The van der Waals surface area contributed by atoms with Crippen LogP contribution >= 0.6 is 0 Å². The van der Waals surface area contributed by atoms with E-state index in [4.69, 9.17) is 0 Å². The third kappa shape index (κ3) is 3.80. The minimum absolute atomic E-state index is 0.489. The summed E-state index contributed by atoms with van der Waals surface area (Å²) in [5, 5.41) is 0. The SMILES string of the molecule is Cc1cccc2c1-c1c(C)c(C)c(C)c(C3=CC=CC3)c1[CH]2[Zr]=[C](c1ccccc1)c1ccccc1. The molecule has 1 atom stereocenters. The molecule has 36 heavy (non-hydrogen) atoms. The average molecular weight is 543 g/mol. The van der Waals surface area contributed by atoms with Crippen LogP contribution in [0.5, 0.6) is 0 Å². The van der Waals surface area contributed by atoms with Crippen molar-refractivity contribution in [3.05, 3.63) is 147 Å². The molecule has 0 fully saturated rings. The Balaban J connectivity index is 1.70. The van der Waals surface area contributed by atoms with Crippen LogP contribution in [0.2, 0.25) is 0 Å². The molecule has 1 heteroatoms. The van der Waals surface area contributed by atoms with Crippen LogP contribution in [0.15, 0.2) is 97.1 Å². The molecule has 4 aromatic rings. The van der Waals surface area contributed by atoms with Gasteiger partial charge >= 0.3 is 228 Å². The van der Waals surface area contributed by atoms with Gasteiger partial charge in [0.05, 0.1) is 0 Å². The molecule has 0 spiro atoms. The van der Waals surface area contributed by atoms with E-state index >= 15 is 0 Å². The van der Waals surface area contributed by atoms with E-state index in [2.05, 4.69) is 125 Å². The Morgan fingerprint density at radius 1 is 0.667 bits per heavy atom. The standard InChI is InChI=1S/C22H21.C13H10.Zr/c1-13-8-7-11-18-12-19-21(17-9-5-6-10-17)15(3)14(2)16(4)22(19)20(13)18;1-3-7-12(8-4-1)11-13-9-5-2-6-10-13;/h5-9,11-12H,10H2,1-4H3;1-10H;. The molecular formula is C35H31Zr. The second kappa shape index (κ2) is 9.53. The van der Waals surface area contributed by atoms with Gasteiger partial charge in [0.25, 0.3) is 0 Å². The van der Waals surface area contributed by atoms with E-state index in [1.54, 1.807) is 14.3 Å². The Hall–Kier alpha value is -2.89. The van der Waals surface area contributed by atoms with Gasteiger partial charge in [0.1, 0.15) is 0 Å². The van der Waals surface area contributed by atoms with Gasteiger partial charge in [0, 0.05) is 0 Å². The summed E-state index contributed by atoms with van der Waals surface area (Å²) in [5.74, 6) is 0. The molecule has 4 aromatic carbocycles. The van der Waals surface area contributed by atoms with Gasteiger partial charge in [-0.15, -0.1) is 0 Å². The zero-order valence-corrected chi connectivity index (χ0v) is 24.0. The molecule has 2 aliphatic carbocycles. The van der Waals surface area contributed by atoms with Crippen LogP contribution in [0.4, 0.5) is 0 Å². The zero-order valence-electron chi connectivity index (χ0n) is 21.5. The molecule has 2 aliphatic rings. The number of hydrogen-bond acceptors (Lipinski definition) is 0. The number of benzene rings is 4. The first kappa shape index (κ1) is 23.5. The zero-order chi connectivity index (χ0) is 24.8. The van der Waals surface area contributed by atoms with Gasteiger partial charge in [-0.3, -0.25) is 0 Å².